The van der Waals surface area contributed by atoms with Crippen LogP contribution in [-0.2, 0) is 0 Å². The average molecular weight is 667 g/mol. The predicted octanol–water partition coefficient (Wildman–Crippen LogP) is 14.8. The van der Waals surface area contributed by atoms with Crippen molar-refractivity contribution in [1.29, 1.82) is 0 Å². The van der Waals surface area contributed by atoms with Crippen molar-refractivity contribution in [3.8, 4) is 22.6 Å². The van der Waals surface area contributed by atoms with Gasteiger partial charge in [-0.15, -0.1) is 0 Å². The minimum atomic E-state index is 0.746. The molecule has 0 saturated carbocycles. The van der Waals surface area contributed by atoms with Crippen LogP contribution < -0.4 is 9.47 Å². The van der Waals surface area contributed by atoms with Gasteiger partial charge in [0, 0.05) is 21.5 Å². The summed E-state index contributed by atoms with van der Waals surface area (Å²) < 4.78 is 13.6. The molecular weight excluding hydrogens is 609 g/mol. The number of rotatable bonds is 19. The molecule has 0 saturated heterocycles. The molecule has 6 aromatic carbocycles. The van der Waals surface area contributed by atoms with Crippen LogP contribution >= 0.6 is 0 Å². The number of aryl methyl sites for hydroxylation is 2. The summed E-state index contributed by atoms with van der Waals surface area (Å²) in [5.41, 5.74) is 5.08. The third-order valence-corrected chi connectivity index (χ3v) is 10.5. The lowest BCUT2D eigenvalue weighted by molar-refractivity contribution is 0.311. The van der Waals surface area contributed by atoms with Crippen LogP contribution in [0.2, 0.25) is 0 Å². The van der Waals surface area contributed by atoms with Crippen molar-refractivity contribution in [1.82, 2.24) is 0 Å². The summed E-state index contributed by atoms with van der Waals surface area (Å²) in [5, 5.41) is 9.74. The highest BCUT2D eigenvalue weighted by Crippen LogP contribution is 2.50. The SMILES string of the molecule is CCCCCCCCCOc1c2ccccc2c(-c2c3ccccc3c(OCCCCCCCCC)c3ccc(C)cc23)c2cc(C)ccc12. The molecule has 0 radical (unpaired) electrons. The van der Waals surface area contributed by atoms with Gasteiger partial charge in [0.25, 0.3) is 0 Å². The van der Waals surface area contributed by atoms with Crippen LogP contribution in [0.3, 0.4) is 0 Å². The van der Waals surface area contributed by atoms with E-state index in [1.807, 2.05) is 0 Å². The molecular formula is C48H58O2. The van der Waals surface area contributed by atoms with E-state index in [0.717, 1.165) is 37.6 Å². The summed E-state index contributed by atoms with van der Waals surface area (Å²) in [5.74, 6) is 2.04. The van der Waals surface area contributed by atoms with Crippen LogP contribution in [0.15, 0.2) is 84.9 Å². The molecule has 0 aromatic heterocycles. The third-order valence-electron chi connectivity index (χ3n) is 10.5. The molecule has 0 atom stereocenters. The molecule has 2 heteroatoms. The number of unbranched alkanes of at least 4 members (excludes halogenated alkanes) is 12. The minimum Gasteiger partial charge on any atom is -0.492 e. The fourth-order valence-electron chi connectivity index (χ4n) is 7.82. The number of fused-ring (bicyclic) bond motifs is 4. The highest BCUT2D eigenvalue weighted by Gasteiger charge is 2.22. The molecule has 2 nitrogen and oxygen atoms in total. The zero-order valence-electron chi connectivity index (χ0n) is 31.2. The van der Waals surface area contributed by atoms with Gasteiger partial charge in [0.05, 0.1) is 13.2 Å². The van der Waals surface area contributed by atoms with Gasteiger partial charge < -0.3 is 9.47 Å². The summed E-state index contributed by atoms with van der Waals surface area (Å²) in [7, 11) is 0. The minimum absolute atomic E-state index is 0.746. The highest BCUT2D eigenvalue weighted by molar-refractivity contribution is 6.26. The lowest BCUT2D eigenvalue weighted by atomic mass is 9.84. The molecule has 262 valence electrons. The first-order valence-electron chi connectivity index (χ1n) is 19.8. The molecule has 50 heavy (non-hydrogen) atoms. The Morgan fingerprint density at radius 1 is 0.360 bits per heavy atom. The molecule has 6 aromatic rings. The van der Waals surface area contributed by atoms with Gasteiger partial charge >= 0.3 is 0 Å². The van der Waals surface area contributed by atoms with Gasteiger partial charge in [0.1, 0.15) is 11.5 Å². The van der Waals surface area contributed by atoms with Crippen molar-refractivity contribution in [3.63, 3.8) is 0 Å². The van der Waals surface area contributed by atoms with Crippen molar-refractivity contribution in [2.45, 2.75) is 118 Å². The van der Waals surface area contributed by atoms with Crippen LogP contribution in [0.4, 0.5) is 0 Å². The van der Waals surface area contributed by atoms with Crippen LogP contribution in [0, 0.1) is 13.8 Å². The fourth-order valence-corrected chi connectivity index (χ4v) is 7.82. The average Bonchev–Trinajstić information content (AvgIpc) is 3.13. The second-order valence-electron chi connectivity index (χ2n) is 14.5. The fraction of sp³-hybridized carbons (Fsp3) is 0.417. The van der Waals surface area contributed by atoms with E-state index in [1.54, 1.807) is 0 Å². The summed E-state index contributed by atoms with van der Waals surface area (Å²) in [4.78, 5) is 0. The summed E-state index contributed by atoms with van der Waals surface area (Å²) in [6.45, 7) is 10.5. The summed E-state index contributed by atoms with van der Waals surface area (Å²) >= 11 is 0. The Morgan fingerprint density at radius 3 is 1.10 bits per heavy atom. The number of ether oxygens (including phenoxy) is 2. The van der Waals surface area contributed by atoms with E-state index in [4.69, 9.17) is 9.47 Å². The maximum atomic E-state index is 6.78. The summed E-state index contributed by atoms with van der Waals surface area (Å²) in [6, 6.07) is 31.6. The third kappa shape index (κ3) is 8.12. The highest BCUT2D eigenvalue weighted by atomic mass is 16.5. The van der Waals surface area contributed by atoms with Crippen LogP contribution in [0.1, 0.15) is 115 Å². The van der Waals surface area contributed by atoms with Gasteiger partial charge in [0.15, 0.2) is 0 Å². The van der Waals surface area contributed by atoms with Gasteiger partial charge in [-0.05, 0) is 59.4 Å². The summed E-state index contributed by atoms with van der Waals surface area (Å²) in [6.07, 6.45) is 17.9. The number of hydrogen-bond donors (Lipinski definition) is 0. The molecule has 0 spiro atoms. The molecule has 0 aliphatic carbocycles. The number of benzene rings is 6. The van der Waals surface area contributed by atoms with E-state index in [2.05, 4.69) is 113 Å². The maximum absolute atomic E-state index is 6.78. The van der Waals surface area contributed by atoms with E-state index >= 15 is 0 Å². The first-order valence-corrected chi connectivity index (χ1v) is 19.8. The van der Waals surface area contributed by atoms with Crippen molar-refractivity contribution < 1.29 is 9.47 Å². The van der Waals surface area contributed by atoms with Crippen LogP contribution in [0.5, 0.6) is 11.5 Å². The predicted molar refractivity (Wildman–Crippen MR) is 218 cm³/mol. The van der Waals surface area contributed by atoms with Crippen LogP contribution in [0.25, 0.3) is 54.2 Å². The Hall–Kier alpha value is -4.04. The molecule has 0 bridgehead atoms. The van der Waals surface area contributed by atoms with Gasteiger partial charge in [-0.2, -0.15) is 0 Å². The molecule has 6 rings (SSSR count). The van der Waals surface area contributed by atoms with Crippen molar-refractivity contribution in [2.24, 2.45) is 0 Å². The Kier molecular flexibility index (Phi) is 12.7. The molecule has 0 N–H and O–H groups in total. The lowest BCUT2D eigenvalue weighted by Crippen LogP contribution is -2.02. The van der Waals surface area contributed by atoms with Crippen molar-refractivity contribution >= 4 is 43.1 Å². The molecule has 0 amide bonds. The van der Waals surface area contributed by atoms with Gasteiger partial charge in [-0.1, -0.05) is 187 Å². The number of hydrogen-bond acceptors (Lipinski definition) is 2. The topological polar surface area (TPSA) is 18.5 Å². The van der Waals surface area contributed by atoms with E-state index in [9.17, 15) is 0 Å². The van der Waals surface area contributed by atoms with E-state index in [1.165, 1.54) is 142 Å². The molecule has 0 fully saturated rings. The van der Waals surface area contributed by atoms with E-state index in [-0.39, 0.29) is 0 Å². The first-order chi connectivity index (χ1) is 24.6. The largest absolute Gasteiger partial charge is 0.492 e. The van der Waals surface area contributed by atoms with E-state index in [0.29, 0.717) is 0 Å². The lowest BCUT2D eigenvalue weighted by Gasteiger charge is -2.22. The second-order valence-corrected chi connectivity index (χ2v) is 14.5. The second kappa shape index (κ2) is 17.8. The Balaban J connectivity index is 1.44. The monoisotopic (exact) mass is 666 g/mol. The van der Waals surface area contributed by atoms with Crippen LogP contribution in [-0.4, -0.2) is 13.2 Å². The quantitative estimate of drug-likeness (QED) is 0.0633. The van der Waals surface area contributed by atoms with Crippen molar-refractivity contribution in [2.75, 3.05) is 13.2 Å². The zero-order valence-corrected chi connectivity index (χ0v) is 31.2. The maximum Gasteiger partial charge on any atom is 0.134 e. The van der Waals surface area contributed by atoms with Gasteiger partial charge in [-0.25, -0.2) is 0 Å². The van der Waals surface area contributed by atoms with Gasteiger partial charge in [0.2, 0.25) is 0 Å². The van der Waals surface area contributed by atoms with E-state index < -0.39 is 0 Å². The Bertz CT molecular complexity index is 1870. The van der Waals surface area contributed by atoms with Gasteiger partial charge in [-0.3, -0.25) is 0 Å². The van der Waals surface area contributed by atoms with Crippen molar-refractivity contribution in [3.05, 3.63) is 96.1 Å². The Morgan fingerprint density at radius 2 is 0.700 bits per heavy atom. The normalized spacial score (nSPS) is 11.7. The smallest absolute Gasteiger partial charge is 0.134 e. The molecule has 0 unspecified atom stereocenters. The standard InChI is InChI=1S/C48H58O2/c1-5-7-9-11-13-15-21-31-49-47-39-25-19-17-23-37(39)45(43-33-35(3)27-29-41(43)47)46-38-24-18-20-26-40(38)48(42-30-28-36(4)34-44(42)46)50-32-22-16-14-12-10-8-6-2/h17-20,23-30,33-34H,5-16,21-22,31-32H2,1-4H3. The molecule has 0 heterocycles. The Labute approximate surface area is 301 Å². The molecule has 0 aliphatic heterocycles. The first kappa shape index (κ1) is 35.8. The zero-order chi connectivity index (χ0) is 34.7. The molecule has 0 aliphatic rings.